The summed E-state index contributed by atoms with van der Waals surface area (Å²) in [6.45, 7) is 2.30. The number of nitriles is 1. The van der Waals surface area contributed by atoms with Gasteiger partial charge in [0.15, 0.2) is 11.7 Å². The van der Waals surface area contributed by atoms with Crippen LogP contribution in [0.5, 0.6) is 5.75 Å². The fourth-order valence-corrected chi connectivity index (χ4v) is 2.42. The predicted molar refractivity (Wildman–Crippen MR) is 83.7 cm³/mol. The molecule has 7 heteroatoms. The van der Waals surface area contributed by atoms with E-state index in [2.05, 4.69) is 5.32 Å². The van der Waals surface area contributed by atoms with E-state index in [0.29, 0.717) is 28.1 Å². The maximum Gasteiger partial charge on any atom is 0.276 e. The molecule has 5 nitrogen and oxygen atoms in total. The quantitative estimate of drug-likeness (QED) is 0.681. The lowest BCUT2D eigenvalue weighted by Gasteiger charge is -2.08. The summed E-state index contributed by atoms with van der Waals surface area (Å²) in [5, 5.41) is 12.1. The van der Waals surface area contributed by atoms with Crippen LogP contribution in [-0.2, 0) is 4.79 Å². The van der Waals surface area contributed by atoms with Gasteiger partial charge < -0.3 is 10.1 Å². The van der Waals surface area contributed by atoms with E-state index >= 15 is 0 Å². The highest BCUT2D eigenvalue weighted by Crippen LogP contribution is 2.26. The maximum atomic E-state index is 12.1. The summed E-state index contributed by atoms with van der Waals surface area (Å²) in [5.74, 6) is 0.264. The standard InChI is InChI=1S/C14H12ClN3O2S/c1-2-18-13(19)11(17-14(18)21)8-9-3-4-12(10(15)7-9)20-6-5-16/h3-4,7-8H,2,6H2,1H3,(H,17,21)/b11-8-. The van der Waals surface area contributed by atoms with E-state index in [-0.39, 0.29) is 12.5 Å². The van der Waals surface area contributed by atoms with Crippen LogP contribution < -0.4 is 10.1 Å². The van der Waals surface area contributed by atoms with Gasteiger partial charge >= 0.3 is 0 Å². The van der Waals surface area contributed by atoms with Gasteiger partial charge in [0.05, 0.1) is 5.02 Å². The third-order valence-electron chi connectivity index (χ3n) is 2.84. The summed E-state index contributed by atoms with van der Waals surface area (Å²) < 4.78 is 5.16. The van der Waals surface area contributed by atoms with Crippen molar-refractivity contribution in [1.82, 2.24) is 10.2 Å². The second kappa shape index (κ2) is 6.57. The van der Waals surface area contributed by atoms with Crippen molar-refractivity contribution in [2.75, 3.05) is 13.2 Å². The fraction of sp³-hybridized carbons (Fsp3) is 0.214. The number of carbonyl (C=O) groups is 1. The lowest BCUT2D eigenvalue weighted by molar-refractivity contribution is -0.122. The number of rotatable bonds is 4. The van der Waals surface area contributed by atoms with Crippen LogP contribution in [0.3, 0.4) is 0 Å². The van der Waals surface area contributed by atoms with Gasteiger partial charge in [0.2, 0.25) is 0 Å². The monoisotopic (exact) mass is 321 g/mol. The topological polar surface area (TPSA) is 65.4 Å². The molecule has 0 aliphatic carbocycles. The number of amides is 1. The summed E-state index contributed by atoms with van der Waals surface area (Å²) in [7, 11) is 0. The van der Waals surface area contributed by atoms with E-state index in [1.807, 2.05) is 13.0 Å². The molecule has 108 valence electrons. The van der Waals surface area contributed by atoms with Crippen LogP contribution >= 0.6 is 23.8 Å². The molecule has 0 bridgehead atoms. The molecule has 1 aromatic rings. The first kappa shape index (κ1) is 15.3. The summed E-state index contributed by atoms with van der Waals surface area (Å²) >= 11 is 11.1. The van der Waals surface area contributed by atoms with Gasteiger partial charge in [-0.15, -0.1) is 0 Å². The zero-order valence-electron chi connectivity index (χ0n) is 11.2. The van der Waals surface area contributed by atoms with Crippen LogP contribution in [0.2, 0.25) is 5.02 Å². The largest absolute Gasteiger partial charge is 0.477 e. The third-order valence-corrected chi connectivity index (χ3v) is 3.46. The summed E-state index contributed by atoms with van der Waals surface area (Å²) in [4.78, 5) is 13.5. The first-order chi connectivity index (χ1) is 10.1. The van der Waals surface area contributed by atoms with Crippen LogP contribution in [0.4, 0.5) is 0 Å². The average molecular weight is 322 g/mol. The second-order valence-electron chi connectivity index (χ2n) is 4.17. The fourth-order valence-electron chi connectivity index (χ4n) is 1.86. The molecule has 1 aliphatic heterocycles. The summed E-state index contributed by atoms with van der Waals surface area (Å²) in [5.41, 5.74) is 1.14. The van der Waals surface area contributed by atoms with Crippen molar-refractivity contribution in [2.24, 2.45) is 0 Å². The van der Waals surface area contributed by atoms with Crippen molar-refractivity contribution in [3.63, 3.8) is 0 Å². The molecule has 1 heterocycles. The normalized spacial score (nSPS) is 16.0. The minimum atomic E-state index is -0.163. The Bertz CT molecular complexity index is 667. The first-order valence-electron chi connectivity index (χ1n) is 6.20. The number of thiocarbonyl (C=S) groups is 1. The van der Waals surface area contributed by atoms with Gasteiger partial charge in [-0.25, -0.2) is 0 Å². The minimum absolute atomic E-state index is 0.0695. The molecule has 1 amide bonds. The molecule has 1 saturated heterocycles. The number of nitrogens with one attached hydrogen (secondary N) is 1. The smallest absolute Gasteiger partial charge is 0.276 e. The van der Waals surface area contributed by atoms with Gasteiger partial charge in [-0.05, 0) is 42.9 Å². The number of likely N-dealkylation sites (N-methyl/N-ethyl adjacent to an activating group) is 1. The van der Waals surface area contributed by atoms with E-state index in [4.69, 9.17) is 33.8 Å². The Balaban J connectivity index is 2.22. The maximum absolute atomic E-state index is 12.1. The molecule has 21 heavy (non-hydrogen) atoms. The number of hydrogen-bond acceptors (Lipinski definition) is 4. The number of ether oxygens (including phenoxy) is 1. The highest BCUT2D eigenvalue weighted by atomic mass is 35.5. The number of benzene rings is 1. The van der Waals surface area contributed by atoms with E-state index in [0.717, 1.165) is 5.56 Å². The Labute approximate surface area is 132 Å². The number of hydrogen-bond donors (Lipinski definition) is 1. The summed E-state index contributed by atoms with van der Waals surface area (Å²) in [6.07, 6.45) is 1.67. The zero-order chi connectivity index (χ0) is 15.4. The molecular formula is C14H12ClN3O2S. The van der Waals surface area contributed by atoms with Gasteiger partial charge in [0.25, 0.3) is 5.91 Å². The Morgan fingerprint density at radius 1 is 1.57 bits per heavy atom. The van der Waals surface area contributed by atoms with Crippen LogP contribution in [0.25, 0.3) is 6.08 Å². The van der Waals surface area contributed by atoms with Crippen molar-refractivity contribution in [3.05, 3.63) is 34.5 Å². The number of carbonyl (C=O) groups excluding carboxylic acids is 1. The van der Waals surface area contributed by atoms with Crippen LogP contribution in [0.15, 0.2) is 23.9 Å². The Morgan fingerprint density at radius 2 is 2.33 bits per heavy atom. The molecule has 1 aliphatic rings. The van der Waals surface area contributed by atoms with Crippen LogP contribution in [0.1, 0.15) is 12.5 Å². The van der Waals surface area contributed by atoms with Crippen molar-refractivity contribution >= 4 is 40.9 Å². The second-order valence-corrected chi connectivity index (χ2v) is 4.97. The number of nitrogens with zero attached hydrogens (tertiary/aromatic N) is 2. The Kier molecular flexibility index (Phi) is 4.78. The zero-order valence-corrected chi connectivity index (χ0v) is 12.8. The van der Waals surface area contributed by atoms with E-state index in [1.165, 1.54) is 4.90 Å². The molecular weight excluding hydrogens is 310 g/mol. The molecule has 0 spiro atoms. The minimum Gasteiger partial charge on any atom is -0.477 e. The lowest BCUT2D eigenvalue weighted by Crippen LogP contribution is -2.30. The molecule has 1 fully saturated rings. The van der Waals surface area contributed by atoms with Gasteiger partial charge in [-0.1, -0.05) is 17.7 Å². The molecule has 0 radical (unpaired) electrons. The molecule has 0 unspecified atom stereocenters. The Morgan fingerprint density at radius 3 is 2.90 bits per heavy atom. The van der Waals surface area contributed by atoms with Crippen molar-refractivity contribution in [2.45, 2.75) is 6.92 Å². The summed E-state index contributed by atoms with van der Waals surface area (Å²) in [6, 6.07) is 6.93. The van der Waals surface area contributed by atoms with Crippen molar-refractivity contribution < 1.29 is 9.53 Å². The highest BCUT2D eigenvalue weighted by molar-refractivity contribution is 7.80. The van der Waals surface area contributed by atoms with Gasteiger partial charge in [0.1, 0.15) is 17.5 Å². The van der Waals surface area contributed by atoms with E-state index in [9.17, 15) is 4.79 Å². The van der Waals surface area contributed by atoms with Gasteiger partial charge in [0, 0.05) is 6.54 Å². The average Bonchev–Trinajstić information content (AvgIpc) is 2.72. The number of halogens is 1. The first-order valence-corrected chi connectivity index (χ1v) is 6.99. The third kappa shape index (κ3) is 3.32. The van der Waals surface area contributed by atoms with Gasteiger partial charge in [-0.2, -0.15) is 5.26 Å². The highest BCUT2D eigenvalue weighted by Gasteiger charge is 2.28. The molecule has 0 atom stereocenters. The molecule has 1 aromatic carbocycles. The SMILES string of the molecule is CCN1C(=O)/C(=C/c2ccc(OCC#N)c(Cl)c2)NC1=S. The lowest BCUT2D eigenvalue weighted by atomic mass is 10.2. The van der Waals surface area contributed by atoms with Crippen LogP contribution in [0, 0.1) is 11.3 Å². The van der Waals surface area contributed by atoms with Crippen molar-refractivity contribution in [1.29, 1.82) is 5.26 Å². The molecule has 1 N–H and O–H groups in total. The molecule has 0 saturated carbocycles. The van der Waals surface area contributed by atoms with Crippen LogP contribution in [-0.4, -0.2) is 29.1 Å². The Hall–Kier alpha value is -2.10. The van der Waals surface area contributed by atoms with Gasteiger partial charge in [-0.3, -0.25) is 9.69 Å². The van der Waals surface area contributed by atoms with E-state index < -0.39 is 0 Å². The predicted octanol–water partition coefficient (Wildman–Crippen LogP) is 2.32. The molecule has 2 rings (SSSR count). The molecule has 0 aromatic heterocycles. The van der Waals surface area contributed by atoms with Crippen molar-refractivity contribution in [3.8, 4) is 11.8 Å². The van der Waals surface area contributed by atoms with E-state index in [1.54, 1.807) is 24.3 Å².